The number of carbonyl (C=O) groups is 2. The van der Waals surface area contributed by atoms with E-state index in [-0.39, 0.29) is 0 Å². The van der Waals surface area contributed by atoms with E-state index in [0.29, 0.717) is 39.1 Å². The number of aromatic amines is 1. The first-order valence-electron chi connectivity index (χ1n) is 9.96. The van der Waals surface area contributed by atoms with E-state index < -0.39 is 18.0 Å². The van der Waals surface area contributed by atoms with Crippen LogP contribution in [0.4, 0.5) is 5.69 Å². The number of nitrogens with zero attached hydrogens (tertiary/aromatic N) is 1. The topological polar surface area (TPSA) is 84.1 Å². The number of para-hydroxylation sites is 2. The summed E-state index contributed by atoms with van der Waals surface area (Å²) in [7, 11) is 0. The van der Waals surface area contributed by atoms with Crippen LogP contribution in [0.25, 0.3) is 22.4 Å². The molecule has 0 saturated carbocycles. The van der Waals surface area contributed by atoms with Gasteiger partial charge in [0.2, 0.25) is 0 Å². The predicted octanol–water partition coefficient (Wildman–Crippen LogP) is 6.11. The van der Waals surface area contributed by atoms with Crippen LogP contribution in [-0.2, 0) is 9.53 Å². The van der Waals surface area contributed by atoms with Crippen LogP contribution in [0.15, 0.2) is 66.7 Å². The molecule has 6 nitrogen and oxygen atoms in total. The Morgan fingerprint density at radius 1 is 1.03 bits per heavy atom. The number of hydrogen-bond donors (Lipinski definition) is 2. The molecule has 0 bridgehead atoms. The smallest absolute Gasteiger partial charge is 0.339 e. The van der Waals surface area contributed by atoms with Crippen molar-refractivity contribution in [2.75, 3.05) is 5.32 Å². The number of benzene rings is 3. The summed E-state index contributed by atoms with van der Waals surface area (Å²) in [5, 5.41) is 3.47. The minimum atomic E-state index is -0.996. The fourth-order valence-electron chi connectivity index (χ4n) is 3.31. The lowest BCUT2D eigenvalue weighted by Crippen LogP contribution is -2.32. The van der Waals surface area contributed by atoms with Gasteiger partial charge in [0.05, 0.1) is 16.6 Å². The summed E-state index contributed by atoms with van der Waals surface area (Å²) in [6, 6.07) is 19.3. The molecule has 0 spiro atoms. The highest BCUT2D eigenvalue weighted by Crippen LogP contribution is 2.26. The highest BCUT2D eigenvalue weighted by molar-refractivity contribution is 6.35. The van der Waals surface area contributed by atoms with Gasteiger partial charge in [0.15, 0.2) is 6.10 Å². The predicted molar refractivity (Wildman–Crippen MR) is 126 cm³/mol. The molecule has 0 aliphatic carbocycles. The van der Waals surface area contributed by atoms with Gasteiger partial charge in [0, 0.05) is 21.3 Å². The molecule has 162 valence electrons. The number of aromatic nitrogens is 2. The van der Waals surface area contributed by atoms with E-state index in [2.05, 4.69) is 15.3 Å². The molecule has 3 aromatic carbocycles. The summed E-state index contributed by atoms with van der Waals surface area (Å²) in [4.78, 5) is 33.5. The molecule has 1 amide bonds. The number of rotatable bonds is 6. The van der Waals surface area contributed by atoms with Crippen molar-refractivity contribution in [2.24, 2.45) is 0 Å². The van der Waals surface area contributed by atoms with Crippen molar-refractivity contribution in [3.05, 3.63) is 82.3 Å². The Morgan fingerprint density at radius 2 is 1.72 bits per heavy atom. The van der Waals surface area contributed by atoms with Gasteiger partial charge in [-0.3, -0.25) is 4.79 Å². The van der Waals surface area contributed by atoms with E-state index >= 15 is 0 Å². The maximum Gasteiger partial charge on any atom is 0.339 e. The zero-order valence-electron chi connectivity index (χ0n) is 17.1. The number of hydrogen-bond acceptors (Lipinski definition) is 4. The molecule has 0 radical (unpaired) electrons. The van der Waals surface area contributed by atoms with Crippen LogP contribution in [-0.4, -0.2) is 27.9 Å². The third kappa shape index (κ3) is 4.77. The zero-order valence-corrected chi connectivity index (χ0v) is 18.6. The zero-order chi connectivity index (χ0) is 22.7. The lowest BCUT2D eigenvalue weighted by atomic mass is 10.1. The van der Waals surface area contributed by atoms with Gasteiger partial charge in [0.1, 0.15) is 5.82 Å². The minimum Gasteiger partial charge on any atom is -0.449 e. The average molecular weight is 468 g/mol. The molecule has 2 N–H and O–H groups in total. The van der Waals surface area contributed by atoms with Crippen molar-refractivity contribution in [3.8, 4) is 11.4 Å². The first-order valence-corrected chi connectivity index (χ1v) is 10.7. The number of halogens is 2. The van der Waals surface area contributed by atoms with E-state index in [9.17, 15) is 9.59 Å². The van der Waals surface area contributed by atoms with Gasteiger partial charge >= 0.3 is 5.97 Å². The van der Waals surface area contributed by atoms with E-state index in [1.54, 1.807) is 43.3 Å². The van der Waals surface area contributed by atoms with E-state index in [4.69, 9.17) is 27.9 Å². The van der Waals surface area contributed by atoms with Crippen LogP contribution in [0.1, 0.15) is 23.7 Å². The lowest BCUT2D eigenvalue weighted by Gasteiger charge is -2.17. The number of ether oxygens (including phenoxy) is 1. The number of amides is 1. The first-order chi connectivity index (χ1) is 15.4. The van der Waals surface area contributed by atoms with E-state index in [1.165, 1.54) is 0 Å². The largest absolute Gasteiger partial charge is 0.449 e. The highest BCUT2D eigenvalue weighted by Gasteiger charge is 2.24. The molecule has 1 heterocycles. The molecule has 0 aliphatic rings. The van der Waals surface area contributed by atoms with Crippen molar-refractivity contribution in [1.82, 2.24) is 9.97 Å². The van der Waals surface area contributed by atoms with Gasteiger partial charge in [-0.15, -0.1) is 0 Å². The maximum atomic E-state index is 13.0. The Kier molecular flexibility index (Phi) is 6.44. The average Bonchev–Trinajstić information content (AvgIpc) is 3.20. The van der Waals surface area contributed by atoms with Crippen LogP contribution in [0.3, 0.4) is 0 Å². The molecule has 32 heavy (non-hydrogen) atoms. The Bertz CT molecular complexity index is 1250. The Labute approximate surface area is 194 Å². The van der Waals surface area contributed by atoms with Crippen LogP contribution < -0.4 is 5.32 Å². The molecule has 4 aromatic rings. The van der Waals surface area contributed by atoms with Crippen molar-refractivity contribution >= 4 is 51.8 Å². The lowest BCUT2D eigenvalue weighted by molar-refractivity contribution is -0.124. The number of anilines is 1. The number of imidazole rings is 1. The second kappa shape index (κ2) is 9.42. The summed E-state index contributed by atoms with van der Waals surface area (Å²) < 4.78 is 5.56. The second-order valence-electron chi connectivity index (χ2n) is 7.10. The molecular formula is C24H19Cl2N3O3. The Hall–Kier alpha value is -3.35. The SMILES string of the molecule is CCC(OC(=O)c1ccccc1-c1nc2ccccc2[nH]1)C(=O)Nc1cc(Cl)cc(Cl)c1. The van der Waals surface area contributed by atoms with Crippen LogP contribution in [0.5, 0.6) is 0 Å². The molecule has 1 aromatic heterocycles. The first kappa shape index (κ1) is 21.9. The third-order valence-electron chi connectivity index (χ3n) is 4.83. The van der Waals surface area contributed by atoms with Crippen LogP contribution in [0.2, 0.25) is 10.0 Å². The Morgan fingerprint density at radius 3 is 2.44 bits per heavy atom. The monoisotopic (exact) mass is 467 g/mol. The van der Waals surface area contributed by atoms with Crippen molar-refractivity contribution < 1.29 is 14.3 Å². The standard InChI is InChI=1S/C24H19Cl2N3O3/c1-2-21(23(30)27-16-12-14(25)11-15(26)13-16)32-24(31)18-8-4-3-7-17(18)22-28-19-9-5-6-10-20(19)29-22/h3-13,21H,2H2,1H3,(H,27,30)(H,28,29). The molecule has 4 rings (SSSR count). The molecule has 0 aliphatic heterocycles. The fraction of sp³-hybridized carbons (Fsp3) is 0.125. The summed E-state index contributed by atoms with van der Waals surface area (Å²) in [6.07, 6.45) is -0.706. The second-order valence-corrected chi connectivity index (χ2v) is 7.97. The van der Waals surface area contributed by atoms with Gasteiger partial charge in [-0.2, -0.15) is 0 Å². The van der Waals surface area contributed by atoms with Gasteiger partial charge < -0.3 is 15.0 Å². The van der Waals surface area contributed by atoms with Gasteiger partial charge in [-0.1, -0.05) is 60.5 Å². The summed E-state index contributed by atoms with van der Waals surface area (Å²) in [6.45, 7) is 1.76. The maximum absolute atomic E-state index is 13.0. The molecule has 1 atom stereocenters. The molecular weight excluding hydrogens is 449 g/mol. The number of nitrogens with one attached hydrogen (secondary N) is 2. The Balaban J connectivity index is 1.55. The number of H-pyrrole nitrogens is 1. The third-order valence-corrected chi connectivity index (χ3v) is 5.27. The van der Waals surface area contributed by atoms with E-state index in [1.807, 2.05) is 30.3 Å². The number of carbonyl (C=O) groups excluding carboxylic acids is 2. The normalized spacial score (nSPS) is 11.8. The minimum absolute atomic E-state index is 0.290. The fourth-order valence-corrected chi connectivity index (χ4v) is 3.84. The van der Waals surface area contributed by atoms with Crippen molar-refractivity contribution in [2.45, 2.75) is 19.4 Å². The number of esters is 1. The molecule has 1 unspecified atom stereocenters. The molecule has 8 heteroatoms. The highest BCUT2D eigenvalue weighted by atomic mass is 35.5. The van der Waals surface area contributed by atoms with Crippen LogP contribution >= 0.6 is 23.2 Å². The van der Waals surface area contributed by atoms with E-state index in [0.717, 1.165) is 11.0 Å². The van der Waals surface area contributed by atoms with Gasteiger partial charge in [0.25, 0.3) is 5.91 Å². The summed E-state index contributed by atoms with van der Waals surface area (Å²) in [5.41, 5.74) is 2.96. The van der Waals surface area contributed by atoms with Crippen molar-refractivity contribution in [1.29, 1.82) is 0 Å². The summed E-state index contributed by atoms with van der Waals surface area (Å²) >= 11 is 12.0. The molecule has 0 saturated heterocycles. The molecule has 0 fully saturated rings. The quantitative estimate of drug-likeness (QED) is 0.335. The van der Waals surface area contributed by atoms with Gasteiger partial charge in [-0.05, 0) is 42.8 Å². The summed E-state index contributed by atoms with van der Waals surface area (Å²) in [5.74, 6) is -0.544. The van der Waals surface area contributed by atoms with Crippen LogP contribution in [0, 0.1) is 0 Å². The van der Waals surface area contributed by atoms with Gasteiger partial charge in [-0.25, -0.2) is 9.78 Å². The van der Waals surface area contributed by atoms with Crippen molar-refractivity contribution in [3.63, 3.8) is 0 Å². The number of fused-ring (bicyclic) bond motifs is 1.